The molecular weight excluding hydrogens is 1800 g/mol. The molecule has 2 nitrogen and oxygen atoms in total. The third-order valence-corrected chi connectivity index (χ3v) is 37.6. The highest BCUT2D eigenvalue weighted by Gasteiger charge is 2.45. The molecule has 0 spiro atoms. The molecule has 1 aliphatic heterocycles. The van der Waals surface area contributed by atoms with Crippen LogP contribution >= 0.6 is 55.1 Å². The van der Waals surface area contributed by atoms with Crippen LogP contribution in [0.5, 0.6) is 0 Å². The third kappa shape index (κ3) is 22.2. The predicted molar refractivity (Wildman–Crippen MR) is 591 cm³/mol. The summed E-state index contributed by atoms with van der Waals surface area (Å²) in [5.41, 5.74) is 29.5. The Kier molecular flexibility index (Phi) is 29.2. The number of halogens is 4. The monoisotopic (exact) mass is 1940 g/mol. The van der Waals surface area contributed by atoms with Gasteiger partial charge in [0.1, 0.15) is 0 Å². The molecule has 0 fully saturated rings. The largest absolute Gasteiger partial charge is 0.309 e. The Hall–Kier alpha value is -9.35. The molecule has 132 heavy (non-hydrogen) atoms. The Labute approximate surface area is 823 Å². The fourth-order valence-corrected chi connectivity index (χ4v) is 31.1. The first-order valence-electron chi connectivity index (χ1n) is 47.3. The SMILES string of the molecule is Cc1cc(Br)cc([Si](c2ccccc2)(c2ccccc2)c2cc(C)cc(Br)c2)c1.Cc1cc(Cc2cc(C(C)(C)C)cc(C(C)(C)C)c2)c(Cl)c(Cc2cc(C(C)(C)C)cc(C(C)(C)C)c2)c1.Cc1cc2cc(c1)[Si](c1ccccc1)(c1ccccc1)c1cc(C)cc(c1)N(c1cc(C(C)(C)C)cc(C(C)(C)C)c1)c1cc(C)cc(c1Cl)N2c1cc(C(C)(C)C)cc(C(C)(C)C)c1. The number of nitrogens with zero attached hydrogens (tertiary/aromatic N) is 2. The minimum absolute atomic E-state index is 0.0925. The fourth-order valence-electron chi connectivity index (χ4n) is 18.9. The molecule has 8 heteroatoms. The number of fused-ring (bicyclic) bond motifs is 6. The van der Waals surface area contributed by atoms with E-state index in [2.05, 4.69) is 541 Å². The van der Waals surface area contributed by atoms with Crippen LogP contribution in [0.15, 0.2) is 300 Å². The van der Waals surface area contributed by atoms with E-state index in [0.717, 1.165) is 66.5 Å². The lowest BCUT2D eigenvalue weighted by Gasteiger charge is -2.39. The van der Waals surface area contributed by atoms with Gasteiger partial charge in [-0.1, -0.05) is 444 Å². The van der Waals surface area contributed by atoms with E-state index in [-0.39, 0.29) is 43.3 Å². The molecule has 14 aromatic rings. The Balaban J connectivity index is 0.000000186. The number of benzene rings is 14. The molecule has 0 saturated carbocycles. The van der Waals surface area contributed by atoms with Gasteiger partial charge in [-0.2, -0.15) is 0 Å². The summed E-state index contributed by atoms with van der Waals surface area (Å²) in [6.07, 6.45) is 1.69. The molecule has 14 aromatic carbocycles. The molecular formula is C124H142Br2Cl2N2Si2. The quantitative estimate of drug-likeness (QED) is 0.0888. The van der Waals surface area contributed by atoms with Crippen molar-refractivity contribution in [1.82, 2.24) is 0 Å². The van der Waals surface area contributed by atoms with Crippen molar-refractivity contribution in [3.63, 3.8) is 0 Å². The van der Waals surface area contributed by atoms with Gasteiger partial charge < -0.3 is 9.80 Å². The van der Waals surface area contributed by atoms with Gasteiger partial charge in [0.15, 0.2) is 16.1 Å². The van der Waals surface area contributed by atoms with Crippen LogP contribution in [0.1, 0.15) is 266 Å². The molecule has 0 amide bonds. The van der Waals surface area contributed by atoms with Gasteiger partial charge >= 0.3 is 0 Å². The van der Waals surface area contributed by atoms with Gasteiger partial charge in [-0.3, -0.25) is 0 Å². The van der Waals surface area contributed by atoms with Gasteiger partial charge in [-0.25, -0.2) is 0 Å². The van der Waals surface area contributed by atoms with E-state index >= 15 is 0 Å². The Morgan fingerprint density at radius 3 is 0.773 bits per heavy atom. The van der Waals surface area contributed by atoms with Gasteiger partial charge in [0.2, 0.25) is 0 Å². The highest BCUT2D eigenvalue weighted by Crippen LogP contribution is 2.51. The summed E-state index contributed by atoms with van der Waals surface area (Å²) in [5, 5.41) is 12.5. The maximum atomic E-state index is 8.20. The van der Waals surface area contributed by atoms with Crippen molar-refractivity contribution in [2.24, 2.45) is 0 Å². The summed E-state index contributed by atoms with van der Waals surface area (Å²) >= 11 is 22.9. The topological polar surface area (TPSA) is 6.48 Å². The molecule has 0 N–H and O–H groups in total. The lowest BCUT2D eigenvalue weighted by Crippen LogP contribution is -2.74. The predicted octanol–water partition coefficient (Wildman–Crippen LogP) is 31.3. The molecule has 15 rings (SSSR count). The Bertz CT molecular complexity index is 5970. The zero-order valence-electron chi connectivity index (χ0n) is 84.5. The van der Waals surface area contributed by atoms with Gasteiger partial charge in [0.05, 0.1) is 16.4 Å². The molecule has 1 heterocycles. The van der Waals surface area contributed by atoms with Crippen molar-refractivity contribution in [3.05, 3.63) is 410 Å². The number of hydrogen-bond acceptors (Lipinski definition) is 2. The molecule has 1 aliphatic rings. The Morgan fingerprint density at radius 2 is 0.492 bits per heavy atom. The van der Waals surface area contributed by atoms with E-state index in [1.165, 1.54) is 136 Å². The van der Waals surface area contributed by atoms with Crippen molar-refractivity contribution >= 4 is 147 Å². The number of rotatable bonds is 12. The van der Waals surface area contributed by atoms with Crippen molar-refractivity contribution in [1.29, 1.82) is 0 Å². The van der Waals surface area contributed by atoms with Crippen LogP contribution in [0, 0.1) is 41.5 Å². The molecule has 0 aliphatic carbocycles. The summed E-state index contributed by atoms with van der Waals surface area (Å²) in [4.78, 5) is 4.95. The molecule has 0 atom stereocenters. The summed E-state index contributed by atoms with van der Waals surface area (Å²) in [6, 6.07) is 111. The summed E-state index contributed by atoms with van der Waals surface area (Å²) < 4.78 is 2.26. The molecule has 684 valence electrons. The molecule has 0 unspecified atom stereocenters. The average Bonchev–Trinajstić information content (AvgIpc) is 0.717. The van der Waals surface area contributed by atoms with Gasteiger partial charge in [-0.15, -0.1) is 0 Å². The molecule has 0 saturated heterocycles. The zero-order chi connectivity index (χ0) is 96.3. The van der Waals surface area contributed by atoms with E-state index in [1.807, 2.05) is 0 Å². The summed E-state index contributed by atoms with van der Waals surface area (Å²) in [5.74, 6) is 0. The third-order valence-electron chi connectivity index (χ3n) is 26.4. The number of anilines is 6. The normalized spacial score (nSPS) is 13.3. The first-order valence-corrected chi connectivity index (χ1v) is 53.7. The summed E-state index contributed by atoms with van der Waals surface area (Å²) in [6.45, 7) is 68.7. The lowest BCUT2D eigenvalue weighted by molar-refractivity contribution is 0.566. The van der Waals surface area contributed by atoms with Crippen molar-refractivity contribution in [2.75, 3.05) is 9.80 Å². The van der Waals surface area contributed by atoms with E-state index in [0.29, 0.717) is 5.02 Å². The first kappa shape index (κ1) is 100. The second-order valence-corrected chi connectivity index (χ2v) is 56.2. The van der Waals surface area contributed by atoms with Gasteiger partial charge in [0, 0.05) is 36.7 Å². The minimum Gasteiger partial charge on any atom is -0.309 e. The van der Waals surface area contributed by atoms with Crippen LogP contribution in [-0.2, 0) is 56.2 Å². The van der Waals surface area contributed by atoms with Gasteiger partial charge in [-0.05, 0) is 308 Å². The van der Waals surface area contributed by atoms with Crippen LogP contribution in [0.3, 0.4) is 0 Å². The average molecular weight is 1950 g/mol. The van der Waals surface area contributed by atoms with Crippen LogP contribution in [0.25, 0.3) is 0 Å². The molecule has 0 radical (unpaired) electrons. The minimum atomic E-state index is -3.08. The smallest absolute Gasteiger partial charge is 0.179 e. The van der Waals surface area contributed by atoms with E-state index in [9.17, 15) is 0 Å². The fraction of sp³-hybridized carbons (Fsp3) is 0.323. The van der Waals surface area contributed by atoms with E-state index < -0.39 is 16.1 Å². The zero-order valence-corrected chi connectivity index (χ0v) is 91.2. The second-order valence-electron chi connectivity index (χ2n) is 46.0. The van der Waals surface area contributed by atoms with Crippen LogP contribution in [-0.4, -0.2) is 16.1 Å². The van der Waals surface area contributed by atoms with Crippen LogP contribution in [0.4, 0.5) is 34.1 Å². The highest BCUT2D eigenvalue weighted by atomic mass is 79.9. The van der Waals surface area contributed by atoms with Crippen LogP contribution in [0.2, 0.25) is 10.0 Å². The van der Waals surface area contributed by atoms with Crippen LogP contribution < -0.4 is 51.3 Å². The number of aryl methyl sites for hydroxylation is 6. The first-order chi connectivity index (χ1) is 61.5. The maximum Gasteiger partial charge on any atom is 0.179 e. The summed E-state index contributed by atoms with van der Waals surface area (Å²) in [7, 11) is -5.56. The van der Waals surface area contributed by atoms with E-state index in [4.69, 9.17) is 23.2 Å². The van der Waals surface area contributed by atoms with Crippen molar-refractivity contribution in [3.8, 4) is 0 Å². The van der Waals surface area contributed by atoms with Gasteiger partial charge in [0.25, 0.3) is 0 Å². The second kappa shape index (κ2) is 38.4. The number of hydrogen-bond donors (Lipinski definition) is 0. The van der Waals surface area contributed by atoms with E-state index in [1.54, 1.807) is 0 Å². The molecule has 0 aromatic heterocycles. The lowest BCUT2D eigenvalue weighted by atomic mass is 9.78. The Morgan fingerprint density at radius 1 is 0.242 bits per heavy atom. The standard InChI is InChI=1S/C61H69ClN2Si.C37H51Cl.C26H22Br2Si/c1-40-26-47-38-53(28-40)65(51-22-18-16-19-23-51,52-24-20-17-21-25-52)54-29-41(2)27-48(39-54)64(50-36-45(60(10,11)12)33-46(37-50)61(13,14)15)56-31-42(3)30-55(57(56)62)63(47)49-34-43(58(4,5)6)32-44(35-49)59(7,8)9;1-24-14-27(16-25-18-29(34(2,3)4)22-30(19-25)35(5,6)7)33(38)28(15-24)17-26-20-31(36(8,9)10)23-32(21-26)37(11,12)13;1-19-13-21(27)17-25(15-19)29(23-9-5-3-6-10-23,24-11-7-4-8-12-24)26-16-20(2)14-22(28)18-26/h16-39H,1-15H3;14-15,18-23H,16-17H2,1-13H3;3-18H,1-2H3. The molecule has 6 bridgehead atoms. The maximum absolute atomic E-state index is 8.20. The van der Waals surface area contributed by atoms with Crippen molar-refractivity contribution in [2.45, 2.75) is 264 Å². The highest BCUT2D eigenvalue weighted by molar-refractivity contribution is 9.10. The van der Waals surface area contributed by atoms with Crippen molar-refractivity contribution < 1.29 is 0 Å².